The highest BCUT2D eigenvalue weighted by Gasteiger charge is 2.23. The Labute approximate surface area is 185 Å². The minimum Gasteiger partial charge on any atom is -0.342 e. The van der Waals surface area contributed by atoms with Gasteiger partial charge in [0.15, 0.2) is 5.16 Å². The molecule has 1 amide bonds. The number of aromatic nitrogens is 2. The molecule has 0 N–H and O–H groups in total. The van der Waals surface area contributed by atoms with E-state index in [1.807, 2.05) is 24.8 Å². The fourth-order valence-corrected chi connectivity index (χ4v) is 5.98. The standard InChI is InChI=1S/C23H27N3O2S2/c1-15-16(2)30-21-20(15)22(28)25(3)23(24-21)29-14-19(27)26-11-9-18(10-12-26)13-17-7-5-4-6-8-17/h4-8,18H,9-14H2,1-3H3. The van der Waals surface area contributed by atoms with Crippen molar-refractivity contribution < 1.29 is 4.79 Å². The Kier molecular flexibility index (Phi) is 6.29. The summed E-state index contributed by atoms with van der Waals surface area (Å²) in [6.07, 6.45) is 3.17. The molecule has 1 saturated heterocycles. The molecule has 0 radical (unpaired) electrons. The number of rotatable bonds is 5. The van der Waals surface area contributed by atoms with Crippen LogP contribution in [-0.4, -0.2) is 39.2 Å². The summed E-state index contributed by atoms with van der Waals surface area (Å²) in [7, 11) is 1.74. The van der Waals surface area contributed by atoms with Crippen LogP contribution in [0.25, 0.3) is 10.2 Å². The third-order valence-corrected chi connectivity index (χ3v) is 8.14. The van der Waals surface area contributed by atoms with Crippen LogP contribution in [0.1, 0.15) is 28.8 Å². The van der Waals surface area contributed by atoms with Gasteiger partial charge >= 0.3 is 0 Å². The summed E-state index contributed by atoms with van der Waals surface area (Å²) in [4.78, 5) is 34.0. The number of piperidine rings is 1. The van der Waals surface area contributed by atoms with Gasteiger partial charge in [0.2, 0.25) is 5.91 Å². The van der Waals surface area contributed by atoms with Crippen LogP contribution in [-0.2, 0) is 18.3 Å². The normalized spacial score (nSPS) is 15.1. The van der Waals surface area contributed by atoms with Crippen LogP contribution in [0.3, 0.4) is 0 Å². The maximum atomic E-state index is 12.7. The predicted molar refractivity (Wildman–Crippen MR) is 125 cm³/mol. The van der Waals surface area contributed by atoms with Crippen molar-refractivity contribution >= 4 is 39.2 Å². The van der Waals surface area contributed by atoms with E-state index < -0.39 is 0 Å². The monoisotopic (exact) mass is 441 g/mol. The Morgan fingerprint density at radius 1 is 1.20 bits per heavy atom. The van der Waals surface area contributed by atoms with Gasteiger partial charge in [0.05, 0.1) is 11.1 Å². The average molecular weight is 442 g/mol. The predicted octanol–water partition coefficient (Wildman–Crippen LogP) is 4.19. The number of nitrogens with zero attached hydrogens (tertiary/aromatic N) is 3. The van der Waals surface area contributed by atoms with Gasteiger partial charge in [-0.25, -0.2) is 4.98 Å². The van der Waals surface area contributed by atoms with E-state index in [0.717, 1.165) is 47.6 Å². The summed E-state index contributed by atoms with van der Waals surface area (Å²) in [5, 5.41) is 1.32. The number of amides is 1. The lowest BCUT2D eigenvalue weighted by Crippen LogP contribution is -2.40. The molecule has 5 nitrogen and oxygen atoms in total. The van der Waals surface area contributed by atoms with Crippen molar-refractivity contribution in [3.05, 3.63) is 56.7 Å². The molecule has 1 fully saturated rings. The molecular formula is C23H27N3O2S2. The zero-order valence-electron chi connectivity index (χ0n) is 17.7. The molecular weight excluding hydrogens is 414 g/mol. The number of hydrogen-bond acceptors (Lipinski definition) is 5. The summed E-state index contributed by atoms with van der Waals surface area (Å²) in [5.74, 6) is 1.09. The van der Waals surface area contributed by atoms with Crippen molar-refractivity contribution in [2.75, 3.05) is 18.8 Å². The fourth-order valence-electron chi connectivity index (χ4n) is 4.04. The van der Waals surface area contributed by atoms with Crippen molar-refractivity contribution in [3.8, 4) is 0 Å². The van der Waals surface area contributed by atoms with E-state index in [4.69, 9.17) is 0 Å². The second-order valence-corrected chi connectivity index (χ2v) is 10.2. The molecule has 1 aliphatic heterocycles. The lowest BCUT2D eigenvalue weighted by Gasteiger charge is -2.32. The molecule has 2 aromatic heterocycles. The maximum absolute atomic E-state index is 12.7. The molecule has 0 atom stereocenters. The Morgan fingerprint density at radius 2 is 1.90 bits per heavy atom. The first-order valence-electron chi connectivity index (χ1n) is 10.3. The first-order chi connectivity index (χ1) is 14.4. The number of thioether (sulfide) groups is 1. The molecule has 3 heterocycles. The third kappa shape index (κ3) is 4.32. The quantitative estimate of drug-likeness (QED) is 0.440. The highest BCUT2D eigenvalue weighted by Crippen LogP contribution is 2.28. The molecule has 158 valence electrons. The van der Waals surface area contributed by atoms with Gasteiger partial charge in [-0.15, -0.1) is 11.3 Å². The highest BCUT2D eigenvalue weighted by atomic mass is 32.2. The number of carbonyl (C=O) groups is 1. The van der Waals surface area contributed by atoms with E-state index in [1.165, 1.54) is 17.3 Å². The number of fused-ring (bicyclic) bond motifs is 1. The van der Waals surface area contributed by atoms with Crippen LogP contribution < -0.4 is 5.56 Å². The minimum absolute atomic E-state index is 0.0291. The van der Waals surface area contributed by atoms with Gasteiger partial charge in [0.25, 0.3) is 5.56 Å². The molecule has 0 bridgehead atoms. The van der Waals surface area contributed by atoms with Crippen LogP contribution in [0.15, 0.2) is 40.3 Å². The van der Waals surface area contributed by atoms with E-state index in [0.29, 0.717) is 22.2 Å². The Morgan fingerprint density at radius 3 is 2.60 bits per heavy atom. The summed E-state index contributed by atoms with van der Waals surface area (Å²) >= 11 is 2.91. The van der Waals surface area contributed by atoms with Crippen LogP contribution >= 0.6 is 23.1 Å². The summed E-state index contributed by atoms with van der Waals surface area (Å²) in [5.41, 5.74) is 2.35. The SMILES string of the molecule is Cc1sc2nc(SCC(=O)N3CCC(Cc4ccccc4)CC3)n(C)c(=O)c2c1C. The molecule has 4 rings (SSSR count). The van der Waals surface area contributed by atoms with Gasteiger partial charge in [-0.05, 0) is 50.2 Å². The van der Waals surface area contributed by atoms with Crippen molar-refractivity contribution in [2.24, 2.45) is 13.0 Å². The van der Waals surface area contributed by atoms with Gasteiger partial charge in [-0.3, -0.25) is 14.2 Å². The van der Waals surface area contributed by atoms with Crippen LogP contribution in [0.5, 0.6) is 0 Å². The molecule has 7 heteroatoms. The van der Waals surface area contributed by atoms with Gasteiger partial charge in [-0.2, -0.15) is 0 Å². The number of carbonyl (C=O) groups excluding carboxylic acids is 1. The van der Waals surface area contributed by atoms with Gasteiger partial charge in [-0.1, -0.05) is 42.1 Å². The number of likely N-dealkylation sites (tertiary alicyclic amines) is 1. The van der Waals surface area contributed by atoms with E-state index >= 15 is 0 Å². The van der Waals surface area contributed by atoms with Crippen LogP contribution in [0, 0.1) is 19.8 Å². The Bertz CT molecular complexity index is 1110. The fraction of sp³-hybridized carbons (Fsp3) is 0.435. The van der Waals surface area contributed by atoms with Crippen molar-refractivity contribution in [3.63, 3.8) is 0 Å². The van der Waals surface area contributed by atoms with Crippen molar-refractivity contribution in [2.45, 2.75) is 38.3 Å². The second kappa shape index (κ2) is 8.94. The molecule has 0 unspecified atom stereocenters. The summed E-state index contributed by atoms with van der Waals surface area (Å²) in [6.45, 7) is 5.60. The first kappa shape index (κ1) is 21.1. The smallest absolute Gasteiger partial charge is 0.262 e. The number of aryl methyl sites for hydroxylation is 2. The molecule has 30 heavy (non-hydrogen) atoms. The minimum atomic E-state index is -0.0291. The Balaban J connectivity index is 1.35. The van der Waals surface area contributed by atoms with Gasteiger partial charge < -0.3 is 4.90 Å². The number of benzene rings is 1. The van der Waals surface area contributed by atoms with Crippen LogP contribution in [0.2, 0.25) is 0 Å². The molecule has 1 aromatic carbocycles. The number of hydrogen-bond donors (Lipinski definition) is 0. The van der Waals surface area contributed by atoms with E-state index in [-0.39, 0.29) is 11.5 Å². The highest BCUT2D eigenvalue weighted by molar-refractivity contribution is 7.99. The first-order valence-corrected chi connectivity index (χ1v) is 12.2. The molecule has 0 aliphatic carbocycles. The molecule has 0 spiro atoms. The largest absolute Gasteiger partial charge is 0.342 e. The van der Waals surface area contributed by atoms with Gasteiger partial charge in [0.1, 0.15) is 4.83 Å². The molecule has 1 aliphatic rings. The van der Waals surface area contributed by atoms with E-state index in [2.05, 4.69) is 29.2 Å². The second-order valence-electron chi connectivity index (χ2n) is 8.02. The van der Waals surface area contributed by atoms with Crippen molar-refractivity contribution in [1.29, 1.82) is 0 Å². The summed E-state index contributed by atoms with van der Waals surface area (Å²) < 4.78 is 1.57. The lowest BCUT2D eigenvalue weighted by molar-refractivity contribution is -0.129. The van der Waals surface area contributed by atoms with Gasteiger partial charge in [0, 0.05) is 25.0 Å². The topological polar surface area (TPSA) is 55.2 Å². The molecule has 0 saturated carbocycles. The van der Waals surface area contributed by atoms with Crippen LogP contribution in [0.4, 0.5) is 0 Å². The zero-order valence-corrected chi connectivity index (χ0v) is 19.3. The lowest BCUT2D eigenvalue weighted by atomic mass is 9.90. The Hall–Kier alpha value is -2.12. The number of thiophene rings is 1. The van der Waals surface area contributed by atoms with E-state index in [9.17, 15) is 9.59 Å². The van der Waals surface area contributed by atoms with E-state index in [1.54, 1.807) is 23.0 Å². The average Bonchev–Trinajstić information content (AvgIpc) is 3.04. The summed E-state index contributed by atoms with van der Waals surface area (Å²) in [6, 6.07) is 10.6. The van der Waals surface area contributed by atoms with Crippen molar-refractivity contribution in [1.82, 2.24) is 14.5 Å². The third-order valence-electron chi connectivity index (χ3n) is 6.03. The zero-order chi connectivity index (χ0) is 21.3. The maximum Gasteiger partial charge on any atom is 0.262 e. The molecule has 3 aromatic rings.